The van der Waals surface area contributed by atoms with E-state index < -0.39 is 6.10 Å². The summed E-state index contributed by atoms with van der Waals surface area (Å²) in [5, 5.41) is 13.0. The van der Waals surface area contributed by atoms with Crippen LogP contribution in [-0.4, -0.2) is 38.9 Å². The minimum absolute atomic E-state index is 0.0103. The van der Waals surface area contributed by atoms with Gasteiger partial charge in [0.15, 0.2) is 0 Å². The van der Waals surface area contributed by atoms with Crippen molar-refractivity contribution in [3.8, 4) is 0 Å². The van der Waals surface area contributed by atoms with Gasteiger partial charge in [0.25, 0.3) is 0 Å². The maximum atomic E-state index is 12.1. The molecule has 1 aromatic carbocycles. The number of carbonyl (C=O) groups is 1. The molecule has 1 aromatic heterocycles. The Morgan fingerprint density at radius 2 is 2.22 bits per heavy atom. The van der Waals surface area contributed by atoms with Gasteiger partial charge in [0.1, 0.15) is 5.82 Å². The van der Waals surface area contributed by atoms with Gasteiger partial charge in [-0.15, -0.1) is 11.8 Å². The molecule has 0 radical (unpaired) electrons. The Labute approximate surface area is 140 Å². The van der Waals surface area contributed by atoms with Gasteiger partial charge >= 0.3 is 0 Å². The molecule has 5 nitrogen and oxygen atoms in total. The topological polar surface area (TPSA) is 78.0 Å². The highest BCUT2D eigenvalue weighted by molar-refractivity contribution is 8.00. The number of fused-ring (bicyclic) bond motifs is 1. The predicted molar refractivity (Wildman–Crippen MR) is 93.4 cm³/mol. The molecule has 3 unspecified atom stereocenters. The highest BCUT2D eigenvalue weighted by atomic mass is 32.2. The second-order valence-corrected chi connectivity index (χ2v) is 7.45. The summed E-state index contributed by atoms with van der Waals surface area (Å²) in [5.41, 5.74) is 1.97. The van der Waals surface area contributed by atoms with Gasteiger partial charge in [-0.25, -0.2) is 4.98 Å². The van der Waals surface area contributed by atoms with Crippen LogP contribution in [0.15, 0.2) is 24.3 Å². The lowest BCUT2D eigenvalue weighted by Gasteiger charge is -2.28. The maximum absolute atomic E-state index is 12.1. The number of hydrogen-bond donors (Lipinski definition) is 3. The molecule has 1 saturated carbocycles. The van der Waals surface area contributed by atoms with E-state index in [4.69, 9.17) is 0 Å². The molecule has 1 amide bonds. The van der Waals surface area contributed by atoms with Crippen molar-refractivity contribution in [1.29, 1.82) is 0 Å². The summed E-state index contributed by atoms with van der Waals surface area (Å²) in [7, 11) is 0. The fourth-order valence-electron chi connectivity index (χ4n) is 2.97. The smallest absolute Gasteiger partial charge is 0.230 e. The van der Waals surface area contributed by atoms with Gasteiger partial charge in [-0.2, -0.15) is 0 Å². The highest BCUT2D eigenvalue weighted by Crippen LogP contribution is 2.27. The van der Waals surface area contributed by atoms with Gasteiger partial charge in [0.05, 0.1) is 34.2 Å². The van der Waals surface area contributed by atoms with Gasteiger partial charge in [-0.1, -0.05) is 25.0 Å². The summed E-state index contributed by atoms with van der Waals surface area (Å²) in [6.45, 7) is 2.05. The van der Waals surface area contributed by atoms with E-state index in [1.54, 1.807) is 11.8 Å². The van der Waals surface area contributed by atoms with Crippen LogP contribution in [-0.2, 0) is 4.79 Å². The van der Waals surface area contributed by atoms with E-state index >= 15 is 0 Å². The van der Waals surface area contributed by atoms with Crippen molar-refractivity contribution in [3.05, 3.63) is 30.1 Å². The average Bonchev–Trinajstić information content (AvgIpc) is 2.99. The molecule has 0 aliphatic heterocycles. The van der Waals surface area contributed by atoms with Crippen molar-refractivity contribution in [3.63, 3.8) is 0 Å². The van der Waals surface area contributed by atoms with Gasteiger partial charge in [0, 0.05) is 0 Å². The maximum Gasteiger partial charge on any atom is 0.230 e. The largest absolute Gasteiger partial charge is 0.391 e. The molecule has 3 rings (SSSR count). The number of nitrogens with zero attached hydrogens (tertiary/aromatic N) is 1. The summed E-state index contributed by atoms with van der Waals surface area (Å²) >= 11 is 1.56. The number of H-pyrrole nitrogens is 1. The molecular weight excluding hydrogens is 310 g/mol. The lowest BCUT2D eigenvalue weighted by atomic mass is 9.93. The number of thioether (sulfide) groups is 1. The predicted octanol–water partition coefficient (Wildman–Crippen LogP) is 2.78. The molecule has 124 valence electrons. The van der Waals surface area contributed by atoms with E-state index in [2.05, 4.69) is 15.3 Å². The van der Waals surface area contributed by atoms with Gasteiger partial charge in [0.2, 0.25) is 5.91 Å². The first kappa shape index (κ1) is 16.3. The highest BCUT2D eigenvalue weighted by Gasteiger charge is 2.24. The molecule has 3 N–H and O–H groups in total. The zero-order chi connectivity index (χ0) is 16.2. The van der Waals surface area contributed by atoms with Crippen LogP contribution in [0.5, 0.6) is 0 Å². The summed E-state index contributed by atoms with van der Waals surface area (Å²) in [5.74, 6) is 1.26. The fourth-order valence-corrected chi connectivity index (χ4v) is 3.73. The number of amides is 1. The van der Waals surface area contributed by atoms with Crippen molar-refractivity contribution >= 4 is 28.7 Å². The van der Waals surface area contributed by atoms with Crippen molar-refractivity contribution < 1.29 is 9.90 Å². The number of rotatable bonds is 5. The Kier molecular flexibility index (Phi) is 5.23. The first-order valence-corrected chi connectivity index (χ1v) is 9.22. The van der Waals surface area contributed by atoms with Crippen molar-refractivity contribution in [2.75, 3.05) is 5.75 Å². The van der Waals surface area contributed by atoms with Crippen LogP contribution in [0.4, 0.5) is 0 Å². The number of carbonyl (C=O) groups excluding carboxylic acids is 1. The third-order valence-electron chi connectivity index (χ3n) is 4.33. The van der Waals surface area contributed by atoms with Crippen LogP contribution in [0.3, 0.4) is 0 Å². The minimum atomic E-state index is -0.398. The number of aromatic amines is 1. The van der Waals surface area contributed by atoms with Crippen molar-refractivity contribution in [1.82, 2.24) is 15.3 Å². The monoisotopic (exact) mass is 333 g/mol. The molecule has 0 bridgehead atoms. The van der Waals surface area contributed by atoms with Gasteiger partial charge in [-0.3, -0.25) is 4.79 Å². The molecule has 1 heterocycles. The van der Waals surface area contributed by atoms with Gasteiger partial charge < -0.3 is 15.4 Å². The van der Waals surface area contributed by atoms with E-state index in [1.807, 2.05) is 31.2 Å². The zero-order valence-electron chi connectivity index (χ0n) is 13.3. The fraction of sp³-hybridized carbons (Fsp3) is 0.529. The number of nitrogens with one attached hydrogen (secondary N) is 2. The Balaban J connectivity index is 1.51. The number of para-hydroxylation sites is 2. The Morgan fingerprint density at radius 3 is 3.00 bits per heavy atom. The van der Waals surface area contributed by atoms with Crippen LogP contribution in [0, 0.1) is 0 Å². The van der Waals surface area contributed by atoms with Crippen LogP contribution in [0.1, 0.15) is 43.7 Å². The molecule has 2 aromatic rings. The SMILES string of the molecule is CC(SCC(=O)NC1CCCCC1O)c1nc2ccccc2[nH]1. The van der Waals surface area contributed by atoms with E-state index in [9.17, 15) is 9.90 Å². The standard InChI is InChI=1S/C17H23N3O2S/c1-11(17-19-12-6-2-3-7-13(12)20-17)23-10-16(22)18-14-8-4-5-9-15(14)21/h2-3,6-7,11,14-15,21H,4-5,8-10H2,1H3,(H,18,22)(H,19,20). The lowest BCUT2D eigenvalue weighted by Crippen LogP contribution is -2.45. The molecule has 3 atom stereocenters. The first-order valence-electron chi connectivity index (χ1n) is 8.17. The van der Waals surface area contributed by atoms with Crippen molar-refractivity contribution in [2.45, 2.75) is 50.0 Å². The Bertz CT molecular complexity index is 640. The van der Waals surface area contributed by atoms with Crippen LogP contribution in [0.2, 0.25) is 0 Å². The Morgan fingerprint density at radius 1 is 1.43 bits per heavy atom. The number of imidazole rings is 1. The van der Waals surface area contributed by atoms with E-state index in [0.29, 0.717) is 5.75 Å². The normalized spacial score (nSPS) is 22.9. The second kappa shape index (κ2) is 7.36. The summed E-state index contributed by atoms with van der Waals surface area (Å²) < 4.78 is 0. The minimum Gasteiger partial charge on any atom is -0.391 e. The summed E-state index contributed by atoms with van der Waals surface area (Å²) in [4.78, 5) is 20.0. The molecule has 1 aliphatic carbocycles. The Hall–Kier alpha value is -1.53. The van der Waals surface area contributed by atoms with Crippen LogP contribution >= 0.6 is 11.8 Å². The average molecular weight is 333 g/mol. The van der Waals surface area contributed by atoms with Gasteiger partial charge in [-0.05, 0) is 31.9 Å². The number of aromatic nitrogens is 2. The zero-order valence-corrected chi connectivity index (χ0v) is 14.1. The number of benzene rings is 1. The second-order valence-electron chi connectivity index (χ2n) is 6.12. The molecule has 23 heavy (non-hydrogen) atoms. The quantitative estimate of drug-likeness (QED) is 0.786. The third-order valence-corrected chi connectivity index (χ3v) is 5.49. The first-order chi connectivity index (χ1) is 11.1. The van der Waals surface area contributed by atoms with E-state index in [1.165, 1.54) is 0 Å². The lowest BCUT2D eigenvalue weighted by molar-refractivity contribution is -0.120. The molecule has 0 saturated heterocycles. The summed E-state index contributed by atoms with van der Waals surface area (Å²) in [6, 6.07) is 7.83. The van der Waals surface area contributed by atoms with Crippen LogP contribution in [0.25, 0.3) is 11.0 Å². The van der Waals surface area contributed by atoms with E-state index in [-0.39, 0.29) is 17.2 Å². The summed E-state index contributed by atoms with van der Waals surface area (Å²) in [6.07, 6.45) is 3.38. The molecule has 0 spiro atoms. The molecule has 1 aliphatic rings. The number of aliphatic hydroxyl groups excluding tert-OH is 1. The van der Waals surface area contributed by atoms with E-state index in [0.717, 1.165) is 42.5 Å². The molecular formula is C17H23N3O2S. The third kappa shape index (κ3) is 4.06. The molecule has 1 fully saturated rings. The number of aliphatic hydroxyl groups is 1. The number of hydrogen-bond acceptors (Lipinski definition) is 4. The van der Waals surface area contributed by atoms with Crippen molar-refractivity contribution in [2.24, 2.45) is 0 Å². The molecule has 6 heteroatoms. The van der Waals surface area contributed by atoms with Crippen LogP contribution < -0.4 is 5.32 Å².